The molecule has 11 nitrogen and oxygen atoms in total. The molecule has 53 heavy (non-hydrogen) atoms. The highest BCUT2D eigenvalue weighted by Crippen LogP contribution is 2.77. The Labute approximate surface area is 316 Å². The van der Waals surface area contributed by atoms with E-state index in [1.54, 1.807) is 26.0 Å². The van der Waals surface area contributed by atoms with Crippen molar-refractivity contribution in [1.29, 1.82) is 0 Å². The zero-order chi connectivity index (χ0) is 39.2. The van der Waals surface area contributed by atoms with Crippen molar-refractivity contribution in [3.05, 3.63) is 23.3 Å². The van der Waals surface area contributed by atoms with Gasteiger partial charge in [-0.25, -0.2) is 0 Å². The van der Waals surface area contributed by atoms with Crippen LogP contribution < -0.4 is 0 Å². The molecule has 5 aliphatic rings. The second kappa shape index (κ2) is 15.4. The van der Waals surface area contributed by atoms with Crippen LogP contribution in [0.15, 0.2) is 23.3 Å². The molecule has 1 heterocycles. The van der Waals surface area contributed by atoms with Gasteiger partial charge in [-0.1, -0.05) is 91.2 Å². The summed E-state index contributed by atoms with van der Waals surface area (Å²) in [6.45, 7) is 14.3. The number of rotatable bonds is 17. The Balaban J connectivity index is 1.33. The molecule has 2 saturated carbocycles. The van der Waals surface area contributed by atoms with Crippen molar-refractivity contribution in [3.8, 4) is 0 Å². The number of ether oxygens (including phenoxy) is 3. The zero-order valence-electron chi connectivity index (χ0n) is 33.5. The number of fused-ring (bicyclic) bond motifs is 5. The lowest BCUT2D eigenvalue weighted by Gasteiger charge is -2.53. The topological polar surface area (TPSA) is 163 Å². The fourth-order valence-electron chi connectivity index (χ4n) is 10.9. The number of aliphatic hydroxyl groups excluding tert-OH is 1. The van der Waals surface area contributed by atoms with Crippen molar-refractivity contribution in [2.45, 2.75) is 179 Å². The number of hydroxylamine groups is 2. The zero-order valence-corrected chi connectivity index (χ0v) is 33.5. The average molecular weight is 745 g/mol. The van der Waals surface area contributed by atoms with Gasteiger partial charge in [0.1, 0.15) is 17.4 Å². The third kappa shape index (κ3) is 7.09. The number of esters is 2. The molecule has 3 N–H and O–H groups in total. The van der Waals surface area contributed by atoms with E-state index in [0.717, 1.165) is 24.3 Å². The van der Waals surface area contributed by atoms with Crippen molar-refractivity contribution < 1.29 is 49.1 Å². The van der Waals surface area contributed by atoms with E-state index in [1.807, 2.05) is 27.7 Å². The van der Waals surface area contributed by atoms with E-state index in [2.05, 4.69) is 6.92 Å². The van der Waals surface area contributed by atoms with E-state index < -0.39 is 87.6 Å². The molecule has 9 unspecified atom stereocenters. The van der Waals surface area contributed by atoms with Gasteiger partial charge in [0.05, 0.1) is 24.4 Å². The van der Waals surface area contributed by atoms with E-state index in [9.17, 15) is 34.9 Å². The van der Waals surface area contributed by atoms with Gasteiger partial charge in [0, 0.05) is 48.9 Å². The second-order valence-corrected chi connectivity index (χ2v) is 18.2. The molecule has 0 aromatic rings. The lowest BCUT2D eigenvalue weighted by atomic mass is 9.59. The quantitative estimate of drug-likeness (QED) is 0.0876. The molecule has 5 rings (SSSR count). The van der Waals surface area contributed by atoms with Gasteiger partial charge >= 0.3 is 11.9 Å². The van der Waals surface area contributed by atoms with Crippen LogP contribution in [0, 0.1) is 29.1 Å². The number of ketones is 1. The van der Waals surface area contributed by atoms with Gasteiger partial charge in [0.15, 0.2) is 11.4 Å². The van der Waals surface area contributed by atoms with E-state index in [-0.39, 0.29) is 12.8 Å². The van der Waals surface area contributed by atoms with Crippen molar-refractivity contribution in [3.63, 3.8) is 0 Å². The molecule has 9 atom stereocenters. The van der Waals surface area contributed by atoms with Crippen LogP contribution in [0.2, 0.25) is 0 Å². The van der Waals surface area contributed by atoms with Crippen LogP contribution in [-0.4, -0.2) is 85.5 Å². The summed E-state index contributed by atoms with van der Waals surface area (Å²) >= 11 is 0. The third-order valence-electron chi connectivity index (χ3n) is 13.8. The van der Waals surface area contributed by atoms with Gasteiger partial charge < -0.3 is 29.5 Å². The summed E-state index contributed by atoms with van der Waals surface area (Å²) in [6.07, 6.45) is 13.8. The monoisotopic (exact) mass is 744 g/mol. The predicted molar refractivity (Wildman–Crippen MR) is 197 cm³/mol. The normalized spacial score (nSPS) is 38.3. The summed E-state index contributed by atoms with van der Waals surface area (Å²) in [7, 11) is 0. The van der Waals surface area contributed by atoms with Gasteiger partial charge in [-0.05, 0) is 57.6 Å². The van der Waals surface area contributed by atoms with Gasteiger partial charge in [-0.3, -0.25) is 14.4 Å². The summed E-state index contributed by atoms with van der Waals surface area (Å²) in [4.78, 5) is 40.0. The van der Waals surface area contributed by atoms with E-state index >= 15 is 0 Å². The maximum Gasteiger partial charge on any atom is 0.306 e. The number of aliphatic hydroxyl groups is 3. The van der Waals surface area contributed by atoms with E-state index in [1.165, 1.54) is 45.4 Å². The fourth-order valence-corrected chi connectivity index (χ4v) is 10.9. The highest BCUT2D eigenvalue weighted by atomic mass is 16.6. The smallest absolute Gasteiger partial charge is 0.306 e. The van der Waals surface area contributed by atoms with Gasteiger partial charge in [-0.2, -0.15) is 0 Å². The Morgan fingerprint density at radius 3 is 2.13 bits per heavy atom. The summed E-state index contributed by atoms with van der Waals surface area (Å²) < 4.78 is 18.7. The molecular weight excluding hydrogens is 678 g/mol. The lowest BCUT2D eigenvalue weighted by molar-refractivity contribution is -0.296. The number of nitrogens with zero attached hydrogens (tertiary/aromatic N) is 1. The fraction of sp³-hybridized carbons (Fsp3) is 0.833. The van der Waals surface area contributed by atoms with Gasteiger partial charge in [0.2, 0.25) is 0 Å². The van der Waals surface area contributed by atoms with Crippen LogP contribution >= 0.6 is 0 Å². The van der Waals surface area contributed by atoms with E-state index in [4.69, 9.17) is 14.2 Å². The first-order valence-electron chi connectivity index (χ1n) is 20.3. The largest absolute Gasteiger partial charge is 0.458 e. The van der Waals surface area contributed by atoms with Crippen molar-refractivity contribution in [1.82, 2.24) is 5.06 Å². The standard InChI is InChI=1S/C42H66NO10/c1-9-10-11-12-13-14-15-16-17-20-39(43(50)37(5,6)26-51-39)21-18-19-33(46)52-36-28(3)41(49)31(34-38(7,8)42(34,36)53-29(4)45)23-30(25-44)24-40(48)32(41)22-27(2)35(40)47/h22-23,28,31-32,34,36,44,48-49H,9-21,24-26H2,1-8H3. The minimum Gasteiger partial charge on any atom is -0.458 e. The van der Waals surface area contributed by atoms with Crippen LogP contribution in [0.5, 0.6) is 0 Å². The highest BCUT2D eigenvalue weighted by Gasteiger charge is 2.87. The van der Waals surface area contributed by atoms with Crippen molar-refractivity contribution in [2.24, 2.45) is 29.1 Å². The number of hydrogen-bond donors (Lipinski definition) is 3. The molecule has 0 aromatic carbocycles. The Bertz CT molecular complexity index is 1450. The summed E-state index contributed by atoms with van der Waals surface area (Å²) in [6, 6.07) is 0. The molecule has 1 saturated heterocycles. The van der Waals surface area contributed by atoms with Crippen LogP contribution in [0.3, 0.4) is 0 Å². The summed E-state index contributed by atoms with van der Waals surface area (Å²) in [5.74, 6) is -4.86. The van der Waals surface area contributed by atoms with Crippen LogP contribution in [0.25, 0.3) is 0 Å². The maximum atomic E-state index is 13.9. The molecule has 299 valence electrons. The molecule has 11 heteroatoms. The van der Waals surface area contributed by atoms with Gasteiger partial charge in [-0.15, -0.1) is 10.3 Å². The number of hydrogen-bond acceptors (Lipinski definition) is 10. The van der Waals surface area contributed by atoms with Crippen LogP contribution in [0.4, 0.5) is 0 Å². The molecule has 1 radical (unpaired) electrons. The molecule has 0 spiro atoms. The predicted octanol–water partition coefficient (Wildman–Crippen LogP) is 6.30. The number of Topliss-reactive ketones (excluding diaryl/α,β-unsaturated/α-hetero) is 1. The molecule has 4 aliphatic carbocycles. The highest BCUT2D eigenvalue weighted by molar-refractivity contribution is 6.04. The van der Waals surface area contributed by atoms with Crippen LogP contribution in [0.1, 0.15) is 145 Å². The first-order valence-corrected chi connectivity index (χ1v) is 20.3. The summed E-state index contributed by atoms with van der Waals surface area (Å²) in [5, 5.41) is 49.9. The lowest BCUT2D eigenvalue weighted by Crippen LogP contribution is -2.66. The second-order valence-electron chi connectivity index (χ2n) is 18.2. The number of carbonyl (C=O) groups is 3. The Morgan fingerprint density at radius 1 is 0.962 bits per heavy atom. The minimum atomic E-state index is -1.99. The first kappa shape index (κ1) is 42.0. The average Bonchev–Trinajstić information content (AvgIpc) is 3.39. The Hall–Kier alpha value is -2.15. The molecule has 0 bridgehead atoms. The van der Waals surface area contributed by atoms with Crippen LogP contribution in [-0.2, 0) is 33.8 Å². The molecule has 0 aromatic heterocycles. The summed E-state index contributed by atoms with van der Waals surface area (Å²) in [5.41, 5.74) is -6.85. The first-order chi connectivity index (χ1) is 24.8. The molecular formula is C42H66NO10. The van der Waals surface area contributed by atoms with Crippen molar-refractivity contribution >= 4 is 17.7 Å². The third-order valence-corrected chi connectivity index (χ3v) is 13.8. The Kier molecular flexibility index (Phi) is 12.2. The Morgan fingerprint density at radius 2 is 1.57 bits per heavy atom. The maximum absolute atomic E-state index is 13.9. The molecule has 1 aliphatic heterocycles. The molecule has 3 fully saturated rings. The van der Waals surface area contributed by atoms with Gasteiger partial charge in [0.25, 0.3) is 0 Å². The number of unbranched alkanes of at least 4 members (excludes halogenated alkanes) is 8. The van der Waals surface area contributed by atoms with Crippen molar-refractivity contribution in [2.75, 3.05) is 13.2 Å². The minimum absolute atomic E-state index is 0.0249. The SMILES string of the molecule is CCCCCCCCCCCC1(CCCC(=O)OC2C(C)C3(O)C(C=C(CO)CC4(O)C(=O)C(C)=CC43)C3C(C)(C)C23OC(C)=O)OCC(C)(C)N1[O]. The molecule has 0 amide bonds. The van der Waals surface area contributed by atoms with E-state index in [0.29, 0.717) is 37.0 Å². The number of carbonyl (C=O) groups excluding carboxylic acids is 3.